The van der Waals surface area contributed by atoms with E-state index in [1.54, 1.807) is 0 Å². The van der Waals surface area contributed by atoms with Gasteiger partial charge >= 0.3 is 0 Å². The molecule has 0 aliphatic heterocycles. The fourth-order valence-corrected chi connectivity index (χ4v) is 0.990. The van der Waals surface area contributed by atoms with Gasteiger partial charge < -0.3 is 20.9 Å². The number of rotatable bonds is 5. The second-order valence-corrected chi connectivity index (χ2v) is 3.62. The van der Waals surface area contributed by atoms with E-state index in [9.17, 15) is 0 Å². The van der Waals surface area contributed by atoms with E-state index in [4.69, 9.17) is 26.7 Å². The van der Waals surface area contributed by atoms with E-state index < -0.39 is 0 Å². The summed E-state index contributed by atoms with van der Waals surface area (Å²) in [5.74, 6) is 0.768. The highest BCUT2D eigenvalue weighted by Crippen LogP contribution is 2.28. The van der Waals surface area contributed by atoms with Crippen LogP contribution in [0.25, 0.3) is 0 Å². The summed E-state index contributed by atoms with van der Waals surface area (Å²) < 4.78 is 10.4. The van der Waals surface area contributed by atoms with Gasteiger partial charge in [-0.1, -0.05) is 13.8 Å². The van der Waals surface area contributed by atoms with Crippen LogP contribution in [-0.2, 0) is 0 Å². The third-order valence-corrected chi connectivity index (χ3v) is 1.67. The quantitative estimate of drug-likeness (QED) is 0.603. The molecular formula is C9H17N5O2. The molecule has 1 aromatic rings. The topological polar surface area (TPSA) is 122 Å². The average molecular weight is 227 g/mol. The van der Waals surface area contributed by atoms with Crippen LogP contribution in [0.15, 0.2) is 0 Å². The SMILES string of the molecule is CC(C)COc1nc(N)nc(OCN)c1N. The Bertz CT molecular complexity index is 356. The van der Waals surface area contributed by atoms with Gasteiger partial charge in [-0.2, -0.15) is 9.97 Å². The third kappa shape index (κ3) is 3.13. The summed E-state index contributed by atoms with van der Waals surface area (Å²) >= 11 is 0. The van der Waals surface area contributed by atoms with Gasteiger partial charge in [-0.25, -0.2) is 0 Å². The number of aromatic nitrogens is 2. The summed E-state index contributed by atoms with van der Waals surface area (Å²) in [5.41, 5.74) is 16.7. The Labute approximate surface area is 93.9 Å². The molecule has 0 atom stereocenters. The van der Waals surface area contributed by atoms with Gasteiger partial charge in [0.2, 0.25) is 17.7 Å². The second kappa shape index (κ2) is 5.36. The predicted molar refractivity (Wildman–Crippen MR) is 60.9 cm³/mol. The maximum Gasteiger partial charge on any atom is 0.247 e. The lowest BCUT2D eigenvalue weighted by Gasteiger charge is -2.12. The van der Waals surface area contributed by atoms with Crippen molar-refractivity contribution >= 4 is 11.6 Å². The molecule has 7 heteroatoms. The van der Waals surface area contributed by atoms with E-state index in [0.717, 1.165) is 0 Å². The van der Waals surface area contributed by atoms with E-state index in [-0.39, 0.29) is 30.1 Å². The monoisotopic (exact) mass is 227 g/mol. The van der Waals surface area contributed by atoms with Gasteiger partial charge in [-0.15, -0.1) is 0 Å². The van der Waals surface area contributed by atoms with Gasteiger partial charge in [0, 0.05) is 0 Å². The fraction of sp³-hybridized carbons (Fsp3) is 0.556. The largest absolute Gasteiger partial charge is 0.476 e. The zero-order valence-corrected chi connectivity index (χ0v) is 9.43. The number of nitrogens with zero attached hydrogens (tertiary/aromatic N) is 2. The molecule has 0 spiro atoms. The molecule has 0 aromatic carbocycles. The Morgan fingerprint density at radius 3 is 2.19 bits per heavy atom. The van der Waals surface area contributed by atoms with Crippen LogP contribution >= 0.6 is 0 Å². The van der Waals surface area contributed by atoms with Crippen LogP contribution in [0.3, 0.4) is 0 Å². The van der Waals surface area contributed by atoms with Crippen molar-refractivity contribution in [2.75, 3.05) is 24.8 Å². The molecule has 0 bridgehead atoms. The summed E-state index contributed by atoms with van der Waals surface area (Å²) in [7, 11) is 0. The summed E-state index contributed by atoms with van der Waals surface area (Å²) in [5, 5.41) is 0. The van der Waals surface area contributed by atoms with Crippen molar-refractivity contribution in [2.45, 2.75) is 13.8 Å². The summed E-state index contributed by atoms with van der Waals surface area (Å²) in [6, 6.07) is 0. The second-order valence-electron chi connectivity index (χ2n) is 3.62. The van der Waals surface area contributed by atoms with Crippen molar-refractivity contribution in [3.8, 4) is 11.8 Å². The third-order valence-electron chi connectivity index (χ3n) is 1.67. The van der Waals surface area contributed by atoms with E-state index in [0.29, 0.717) is 12.5 Å². The molecule has 1 aromatic heterocycles. The Hall–Kier alpha value is -1.76. The number of ether oxygens (including phenoxy) is 2. The molecule has 0 aliphatic carbocycles. The lowest BCUT2D eigenvalue weighted by Crippen LogP contribution is -2.14. The number of nitrogen functional groups attached to an aromatic ring is 2. The highest BCUT2D eigenvalue weighted by molar-refractivity contribution is 5.58. The van der Waals surface area contributed by atoms with Gasteiger partial charge in [0.25, 0.3) is 0 Å². The van der Waals surface area contributed by atoms with Crippen molar-refractivity contribution in [3.05, 3.63) is 0 Å². The van der Waals surface area contributed by atoms with E-state index >= 15 is 0 Å². The minimum Gasteiger partial charge on any atom is -0.476 e. The van der Waals surface area contributed by atoms with Crippen LogP contribution in [0.4, 0.5) is 11.6 Å². The lowest BCUT2D eigenvalue weighted by molar-refractivity contribution is 0.259. The first-order valence-electron chi connectivity index (χ1n) is 4.93. The Morgan fingerprint density at radius 1 is 1.12 bits per heavy atom. The molecule has 0 saturated carbocycles. The number of anilines is 2. The van der Waals surface area contributed by atoms with Crippen LogP contribution in [0.2, 0.25) is 0 Å². The predicted octanol–water partition coefficient (Wildman–Crippen LogP) is -0.0292. The Morgan fingerprint density at radius 2 is 1.69 bits per heavy atom. The first kappa shape index (κ1) is 12.3. The summed E-state index contributed by atoms with van der Waals surface area (Å²) in [6.07, 6.45) is 0. The maximum absolute atomic E-state index is 5.74. The molecule has 0 saturated heterocycles. The molecule has 90 valence electrons. The molecule has 0 unspecified atom stereocenters. The van der Waals surface area contributed by atoms with Crippen molar-refractivity contribution in [1.82, 2.24) is 9.97 Å². The normalized spacial score (nSPS) is 10.5. The molecule has 6 N–H and O–H groups in total. The maximum atomic E-state index is 5.74. The zero-order valence-electron chi connectivity index (χ0n) is 9.43. The van der Waals surface area contributed by atoms with Crippen LogP contribution in [-0.4, -0.2) is 23.3 Å². The van der Waals surface area contributed by atoms with Crippen LogP contribution in [0, 0.1) is 5.92 Å². The fourth-order valence-electron chi connectivity index (χ4n) is 0.990. The van der Waals surface area contributed by atoms with Gasteiger partial charge in [0.1, 0.15) is 6.73 Å². The highest BCUT2D eigenvalue weighted by Gasteiger charge is 2.13. The average Bonchev–Trinajstić information content (AvgIpc) is 2.21. The number of hydrogen-bond donors (Lipinski definition) is 3. The summed E-state index contributed by atoms with van der Waals surface area (Å²) in [4.78, 5) is 7.70. The van der Waals surface area contributed by atoms with Crippen molar-refractivity contribution in [1.29, 1.82) is 0 Å². The minimum absolute atomic E-state index is 0.0374. The molecule has 0 radical (unpaired) electrons. The lowest BCUT2D eigenvalue weighted by atomic mass is 10.2. The van der Waals surface area contributed by atoms with Crippen molar-refractivity contribution < 1.29 is 9.47 Å². The Balaban J connectivity index is 2.90. The summed E-state index contributed by atoms with van der Waals surface area (Å²) in [6.45, 7) is 4.48. The molecule has 7 nitrogen and oxygen atoms in total. The Kier molecular flexibility index (Phi) is 4.12. The number of nitrogens with two attached hydrogens (primary N) is 3. The van der Waals surface area contributed by atoms with Gasteiger partial charge in [0.15, 0.2) is 5.69 Å². The van der Waals surface area contributed by atoms with Gasteiger partial charge in [-0.3, -0.25) is 5.73 Å². The van der Waals surface area contributed by atoms with E-state index in [2.05, 4.69) is 9.97 Å². The number of hydrogen-bond acceptors (Lipinski definition) is 7. The minimum atomic E-state index is -0.0374. The molecule has 1 rings (SSSR count). The van der Waals surface area contributed by atoms with E-state index in [1.807, 2.05) is 13.8 Å². The van der Waals surface area contributed by atoms with Gasteiger partial charge in [0.05, 0.1) is 6.61 Å². The molecular weight excluding hydrogens is 210 g/mol. The van der Waals surface area contributed by atoms with Crippen LogP contribution in [0.5, 0.6) is 11.8 Å². The molecule has 0 amide bonds. The molecule has 0 aliphatic rings. The molecule has 1 heterocycles. The highest BCUT2D eigenvalue weighted by atomic mass is 16.5. The van der Waals surface area contributed by atoms with Crippen molar-refractivity contribution in [2.24, 2.45) is 11.7 Å². The zero-order chi connectivity index (χ0) is 12.1. The first-order valence-corrected chi connectivity index (χ1v) is 4.93. The van der Waals surface area contributed by atoms with Crippen LogP contribution in [0.1, 0.15) is 13.8 Å². The van der Waals surface area contributed by atoms with E-state index in [1.165, 1.54) is 0 Å². The van der Waals surface area contributed by atoms with Gasteiger partial charge in [-0.05, 0) is 5.92 Å². The standard InChI is InChI=1S/C9H17N5O2/c1-5(2)3-15-7-6(11)8(16-4-10)14-9(12)13-7/h5H,3-4,10-11H2,1-2H3,(H2,12,13,14). The van der Waals surface area contributed by atoms with Crippen LogP contribution < -0.4 is 26.7 Å². The smallest absolute Gasteiger partial charge is 0.247 e. The molecule has 0 fully saturated rings. The first-order chi connectivity index (χ1) is 7.54. The molecule has 16 heavy (non-hydrogen) atoms. The van der Waals surface area contributed by atoms with Crippen molar-refractivity contribution in [3.63, 3.8) is 0 Å².